The van der Waals surface area contributed by atoms with Crippen LogP contribution in [0, 0.1) is 17.3 Å². The second kappa shape index (κ2) is 12.4. The molecule has 4 aliphatic rings. The van der Waals surface area contributed by atoms with E-state index in [1.54, 1.807) is 4.90 Å². The first kappa shape index (κ1) is 29.9. The number of halogens is 3. The zero-order valence-corrected chi connectivity index (χ0v) is 24.3. The molecule has 2 N–H and O–H groups in total. The molecular weight excluding hydrogens is 543 g/mol. The summed E-state index contributed by atoms with van der Waals surface area (Å²) in [6.45, 7) is 9.28. The molecular formula is C32H40F3N5O2. The molecule has 0 spiro atoms. The van der Waals surface area contributed by atoms with Gasteiger partial charge in [-0.05, 0) is 59.9 Å². The molecule has 2 fully saturated rings. The Bertz CT molecular complexity index is 1270. The lowest BCUT2D eigenvalue weighted by Gasteiger charge is -2.57. The lowest BCUT2D eigenvalue weighted by molar-refractivity contribution is -0.137. The van der Waals surface area contributed by atoms with E-state index in [2.05, 4.69) is 35.5 Å². The van der Waals surface area contributed by atoms with Crippen molar-refractivity contribution >= 4 is 17.7 Å². The predicted octanol–water partition coefficient (Wildman–Crippen LogP) is 6.06. The molecule has 42 heavy (non-hydrogen) atoms. The van der Waals surface area contributed by atoms with Crippen molar-refractivity contribution in [1.82, 2.24) is 20.0 Å². The first-order valence-electron chi connectivity index (χ1n) is 14.7. The van der Waals surface area contributed by atoms with Gasteiger partial charge >= 0.3 is 18.2 Å². The Morgan fingerprint density at radius 3 is 2.31 bits per heavy atom. The van der Waals surface area contributed by atoms with Crippen molar-refractivity contribution in [2.24, 2.45) is 17.3 Å². The van der Waals surface area contributed by atoms with E-state index in [0.29, 0.717) is 69.9 Å². The molecule has 4 amide bonds. The number of piperazine rings is 1. The third kappa shape index (κ3) is 6.91. The molecule has 0 radical (unpaired) electrons. The molecule has 2 unspecified atom stereocenters. The number of fused-ring (bicyclic) bond motifs is 1. The Morgan fingerprint density at radius 2 is 1.69 bits per heavy atom. The Morgan fingerprint density at radius 1 is 1.00 bits per heavy atom. The molecule has 2 aromatic rings. The van der Waals surface area contributed by atoms with Gasteiger partial charge in [-0.15, -0.1) is 0 Å². The van der Waals surface area contributed by atoms with Crippen LogP contribution < -0.4 is 10.6 Å². The molecule has 2 bridgehead atoms. The molecule has 1 saturated carbocycles. The number of nitrogens with one attached hydrogen (secondary N) is 2. The number of hydrogen-bond donors (Lipinski definition) is 2. The largest absolute Gasteiger partial charge is 0.416 e. The van der Waals surface area contributed by atoms with Crippen molar-refractivity contribution in [2.45, 2.75) is 39.4 Å². The second-order valence-corrected chi connectivity index (χ2v) is 12.2. The number of benzene rings is 2. The fraction of sp³-hybridized carbons (Fsp3) is 0.500. The highest BCUT2D eigenvalue weighted by Gasteiger charge is 2.51. The lowest BCUT2D eigenvalue weighted by Crippen LogP contribution is -2.54. The van der Waals surface area contributed by atoms with Crippen molar-refractivity contribution < 1.29 is 22.8 Å². The summed E-state index contributed by atoms with van der Waals surface area (Å²) in [5.74, 6) is 1.12. The van der Waals surface area contributed by atoms with Crippen LogP contribution in [-0.4, -0.2) is 72.6 Å². The van der Waals surface area contributed by atoms with E-state index in [-0.39, 0.29) is 17.5 Å². The number of hydrogen-bond acceptors (Lipinski definition) is 3. The number of amides is 4. The van der Waals surface area contributed by atoms with Gasteiger partial charge < -0.3 is 20.4 Å². The van der Waals surface area contributed by atoms with Gasteiger partial charge in [0, 0.05) is 58.0 Å². The fourth-order valence-corrected chi connectivity index (χ4v) is 6.40. The summed E-state index contributed by atoms with van der Waals surface area (Å²) in [6, 6.07) is 13.9. The van der Waals surface area contributed by atoms with E-state index < -0.39 is 11.7 Å². The molecule has 2 atom stereocenters. The van der Waals surface area contributed by atoms with E-state index in [9.17, 15) is 22.8 Å². The number of alkyl halides is 3. The molecule has 0 aromatic heterocycles. The van der Waals surface area contributed by atoms with Crippen LogP contribution >= 0.6 is 0 Å². The zero-order valence-electron chi connectivity index (χ0n) is 24.3. The minimum atomic E-state index is -4.43. The monoisotopic (exact) mass is 583 g/mol. The van der Waals surface area contributed by atoms with Crippen LogP contribution in [-0.2, 0) is 12.7 Å². The summed E-state index contributed by atoms with van der Waals surface area (Å²) < 4.78 is 39.0. The fourth-order valence-electron chi connectivity index (χ4n) is 6.40. The maximum Gasteiger partial charge on any atom is 0.416 e. The third-order valence-corrected chi connectivity index (χ3v) is 9.34. The molecule has 6 rings (SSSR count). The van der Waals surface area contributed by atoms with Gasteiger partial charge in [-0.2, -0.15) is 13.2 Å². The van der Waals surface area contributed by atoms with Gasteiger partial charge in [0.05, 0.1) is 5.56 Å². The van der Waals surface area contributed by atoms with E-state index in [4.69, 9.17) is 0 Å². The second-order valence-electron chi connectivity index (χ2n) is 12.2. The molecule has 1 saturated heterocycles. The number of carbonyl (C=O) groups excluding carboxylic acids is 2. The predicted molar refractivity (Wildman–Crippen MR) is 157 cm³/mol. The van der Waals surface area contributed by atoms with Gasteiger partial charge in [-0.1, -0.05) is 55.8 Å². The SMILES string of the molecule is CC1(C)C2CC=C(CN(CCN3CCN(C(=O)NCc4ccccc4)CC3)C(=O)Nc3ccc(C(F)(F)F)cc3)C1C2. The smallest absolute Gasteiger partial charge is 0.334 e. The van der Waals surface area contributed by atoms with Crippen molar-refractivity contribution in [3.8, 4) is 0 Å². The summed E-state index contributed by atoms with van der Waals surface area (Å²) in [6.07, 6.45) is 0.000357. The Balaban J connectivity index is 1.16. The van der Waals surface area contributed by atoms with Crippen LogP contribution in [0.25, 0.3) is 0 Å². The van der Waals surface area contributed by atoms with E-state index >= 15 is 0 Å². The quantitative estimate of drug-likeness (QED) is 0.372. The molecule has 7 nitrogen and oxygen atoms in total. The van der Waals surface area contributed by atoms with Crippen molar-refractivity contribution in [3.05, 3.63) is 77.4 Å². The highest BCUT2D eigenvalue weighted by Crippen LogP contribution is 2.59. The number of carbonyl (C=O) groups is 2. The van der Waals surface area contributed by atoms with Crippen LogP contribution in [0.15, 0.2) is 66.2 Å². The molecule has 1 heterocycles. The zero-order chi connectivity index (χ0) is 29.9. The Hall–Kier alpha value is -3.53. The van der Waals surface area contributed by atoms with Crippen LogP contribution in [0.5, 0.6) is 0 Å². The van der Waals surface area contributed by atoms with Crippen LogP contribution in [0.4, 0.5) is 28.4 Å². The highest BCUT2D eigenvalue weighted by atomic mass is 19.4. The van der Waals surface area contributed by atoms with E-state index in [0.717, 1.165) is 30.5 Å². The minimum Gasteiger partial charge on any atom is -0.334 e. The maximum atomic E-state index is 13.4. The first-order valence-corrected chi connectivity index (χ1v) is 14.7. The summed E-state index contributed by atoms with van der Waals surface area (Å²) >= 11 is 0. The van der Waals surface area contributed by atoms with Crippen molar-refractivity contribution in [1.29, 1.82) is 0 Å². The molecule has 226 valence electrons. The van der Waals surface area contributed by atoms with Crippen LogP contribution in [0.3, 0.4) is 0 Å². The summed E-state index contributed by atoms with van der Waals surface area (Å²) in [5, 5.41) is 5.79. The van der Waals surface area contributed by atoms with E-state index in [1.165, 1.54) is 17.7 Å². The van der Waals surface area contributed by atoms with Crippen LogP contribution in [0.1, 0.15) is 37.8 Å². The number of urea groups is 2. The lowest BCUT2D eigenvalue weighted by atomic mass is 9.49. The third-order valence-electron chi connectivity index (χ3n) is 9.34. The number of anilines is 1. The first-order chi connectivity index (χ1) is 20.0. The summed E-state index contributed by atoms with van der Waals surface area (Å²) in [7, 11) is 0. The normalized spacial score (nSPS) is 21.6. The van der Waals surface area contributed by atoms with E-state index in [1.807, 2.05) is 35.2 Å². The van der Waals surface area contributed by atoms with Gasteiger partial charge in [0.15, 0.2) is 0 Å². The van der Waals surface area contributed by atoms with Crippen LogP contribution in [0.2, 0.25) is 0 Å². The topological polar surface area (TPSA) is 67.9 Å². The number of rotatable bonds is 8. The maximum absolute atomic E-state index is 13.4. The average Bonchev–Trinajstić information content (AvgIpc) is 2.98. The molecule has 2 aromatic carbocycles. The summed E-state index contributed by atoms with van der Waals surface area (Å²) in [5.41, 5.74) is 2.11. The van der Waals surface area contributed by atoms with Gasteiger partial charge in [-0.3, -0.25) is 4.90 Å². The Kier molecular flexibility index (Phi) is 8.82. The number of allylic oxidation sites excluding steroid dienone is 1. The molecule has 1 aliphatic heterocycles. The standard InChI is InChI=1S/C32H40F3N5O2/c1-31(2)26-9-8-24(28(31)20-26)22-40(30(42)37-27-12-10-25(11-13-27)32(33,34)35)19-16-38-14-17-39(18-15-38)29(41)36-21-23-6-4-3-5-7-23/h3-8,10-13,26,28H,9,14-22H2,1-2H3,(H,36,41)(H,37,42). The molecule has 3 aliphatic carbocycles. The van der Waals surface area contributed by atoms with Gasteiger partial charge in [0.2, 0.25) is 0 Å². The van der Waals surface area contributed by atoms with Crippen molar-refractivity contribution in [2.75, 3.05) is 51.1 Å². The Labute approximate surface area is 245 Å². The minimum absolute atomic E-state index is 0.0818. The number of nitrogens with zero attached hydrogens (tertiary/aromatic N) is 3. The van der Waals surface area contributed by atoms with Gasteiger partial charge in [-0.25, -0.2) is 9.59 Å². The molecule has 10 heteroatoms. The van der Waals surface area contributed by atoms with Gasteiger partial charge in [0.25, 0.3) is 0 Å². The average molecular weight is 584 g/mol. The van der Waals surface area contributed by atoms with Gasteiger partial charge in [0.1, 0.15) is 0 Å². The summed E-state index contributed by atoms with van der Waals surface area (Å²) in [4.78, 5) is 31.9. The van der Waals surface area contributed by atoms with Crippen molar-refractivity contribution in [3.63, 3.8) is 0 Å². The highest BCUT2D eigenvalue weighted by molar-refractivity contribution is 5.89.